The first-order valence-electron chi connectivity index (χ1n) is 5.55. The number of nitrogens with one attached hydrogen (secondary N) is 1. The number of alkyl halides is 1. The Labute approximate surface area is 123 Å². The van der Waals surface area contributed by atoms with Crippen molar-refractivity contribution in [1.82, 2.24) is 0 Å². The lowest BCUT2D eigenvalue weighted by Crippen LogP contribution is -2.13. The molecule has 0 saturated heterocycles. The van der Waals surface area contributed by atoms with Crippen molar-refractivity contribution in [3.05, 3.63) is 59.7 Å². The summed E-state index contributed by atoms with van der Waals surface area (Å²) >= 11 is 3.27. The number of benzene rings is 2. The van der Waals surface area contributed by atoms with E-state index < -0.39 is 21.7 Å². The molecule has 0 amide bonds. The van der Waals surface area contributed by atoms with Crippen LogP contribution < -0.4 is 4.72 Å². The lowest BCUT2D eigenvalue weighted by Gasteiger charge is -2.09. The van der Waals surface area contributed by atoms with Gasteiger partial charge in [0.1, 0.15) is 0 Å². The third kappa shape index (κ3) is 3.34. The number of rotatable bonds is 4. The minimum Gasteiger partial charge on any atom is -0.280 e. The summed E-state index contributed by atoms with van der Waals surface area (Å²) in [5, 5.41) is 0.577. The Kier molecular flexibility index (Phi) is 4.39. The smallest absolute Gasteiger partial charge is 0.261 e. The topological polar surface area (TPSA) is 46.2 Å². The second kappa shape index (κ2) is 5.88. The Morgan fingerprint density at radius 3 is 2.45 bits per heavy atom. The summed E-state index contributed by atoms with van der Waals surface area (Å²) < 4.78 is 52.3. The molecule has 0 spiro atoms. The molecule has 0 aliphatic rings. The van der Waals surface area contributed by atoms with E-state index >= 15 is 0 Å². The largest absolute Gasteiger partial charge is 0.280 e. The third-order valence-corrected chi connectivity index (χ3v) is 4.56. The first kappa shape index (κ1) is 14.9. The fraction of sp³-hybridized carbons (Fsp3) is 0.0769. The van der Waals surface area contributed by atoms with Crippen molar-refractivity contribution in [1.29, 1.82) is 0 Å². The summed E-state index contributed by atoms with van der Waals surface area (Å²) in [6, 6.07) is 9.17. The van der Waals surface area contributed by atoms with Crippen LogP contribution in [0.5, 0.6) is 0 Å². The van der Waals surface area contributed by atoms with Gasteiger partial charge in [-0.05, 0) is 35.9 Å². The molecule has 0 aliphatic heterocycles. The van der Waals surface area contributed by atoms with Crippen LogP contribution in [-0.4, -0.2) is 8.42 Å². The maximum absolute atomic E-state index is 13.1. The van der Waals surface area contributed by atoms with Crippen LogP contribution in [0.1, 0.15) is 5.56 Å². The molecule has 1 N–H and O–H groups in total. The van der Waals surface area contributed by atoms with Gasteiger partial charge >= 0.3 is 0 Å². The van der Waals surface area contributed by atoms with E-state index in [1.165, 1.54) is 0 Å². The van der Waals surface area contributed by atoms with Gasteiger partial charge in [0.2, 0.25) is 0 Å². The Balaban J connectivity index is 2.32. The number of sulfonamides is 1. The van der Waals surface area contributed by atoms with Gasteiger partial charge in [-0.3, -0.25) is 4.72 Å². The SMILES string of the molecule is O=S(=O)(Nc1cccc(CBr)c1)c1ccc(F)c(F)c1. The van der Waals surface area contributed by atoms with Crippen molar-refractivity contribution in [2.75, 3.05) is 4.72 Å². The van der Waals surface area contributed by atoms with E-state index in [-0.39, 0.29) is 4.90 Å². The molecule has 0 saturated carbocycles. The van der Waals surface area contributed by atoms with Gasteiger partial charge in [-0.15, -0.1) is 0 Å². The van der Waals surface area contributed by atoms with Crippen molar-refractivity contribution in [3.8, 4) is 0 Å². The monoisotopic (exact) mass is 361 g/mol. The standard InChI is InChI=1S/C13H10BrF2NO2S/c14-8-9-2-1-3-10(6-9)17-20(18,19)11-4-5-12(15)13(16)7-11/h1-7,17H,8H2. The molecule has 7 heteroatoms. The quantitative estimate of drug-likeness (QED) is 0.844. The second-order valence-electron chi connectivity index (χ2n) is 4.02. The second-order valence-corrected chi connectivity index (χ2v) is 6.26. The average molecular weight is 362 g/mol. The molecular formula is C13H10BrF2NO2S. The average Bonchev–Trinajstić information content (AvgIpc) is 2.41. The Hall–Kier alpha value is -1.47. The van der Waals surface area contributed by atoms with Crippen LogP contribution in [-0.2, 0) is 15.4 Å². The molecule has 3 nitrogen and oxygen atoms in total. The van der Waals surface area contributed by atoms with Gasteiger partial charge in [-0.25, -0.2) is 17.2 Å². The minimum absolute atomic E-state index is 0.333. The molecule has 0 bridgehead atoms. The summed E-state index contributed by atoms with van der Waals surface area (Å²) in [7, 11) is -3.95. The Bertz CT molecular complexity index is 735. The molecule has 0 fully saturated rings. The molecule has 0 atom stereocenters. The van der Waals surface area contributed by atoms with Crippen LogP contribution in [0, 0.1) is 11.6 Å². The van der Waals surface area contributed by atoms with Crippen molar-refractivity contribution in [2.45, 2.75) is 10.2 Å². The molecule has 2 aromatic carbocycles. The van der Waals surface area contributed by atoms with E-state index in [1.807, 2.05) is 6.07 Å². The molecule has 0 radical (unpaired) electrons. The molecule has 0 aromatic heterocycles. The van der Waals surface area contributed by atoms with Gasteiger partial charge < -0.3 is 0 Å². The zero-order valence-electron chi connectivity index (χ0n) is 10.1. The molecule has 2 rings (SSSR count). The molecule has 0 aliphatic carbocycles. The molecule has 0 unspecified atom stereocenters. The first-order chi connectivity index (χ1) is 9.42. The van der Waals surface area contributed by atoms with Gasteiger partial charge in [0.15, 0.2) is 11.6 Å². The fourth-order valence-corrected chi connectivity index (χ4v) is 2.99. The van der Waals surface area contributed by atoms with Crippen molar-refractivity contribution < 1.29 is 17.2 Å². The van der Waals surface area contributed by atoms with E-state index in [1.54, 1.807) is 18.2 Å². The van der Waals surface area contributed by atoms with Crippen LogP contribution in [0.3, 0.4) is 0 Å². The van der Waals surface area contributed by atoms with Crippen LogP contribution in [0.15, 0.2) is 47.4 Å². The van der Waals surface area contributed by atoms with E-state index in [2.05, 4.69) is 20.7 Å². The van der Waals surface area contributed by atoms with Gasteiger partial charge in [0.25, 0.3) is 10.0 Å². The van der Waals surface area contributed by atoms with E-state index in [9.17, 15) is 17.2 Å². The molecule has 20 heavy (non-hydrogen) atoms. The van der Waals surface area contributed by atoms with E-state index in [4.69, 9.17) is 0 Å². The highest BCUT2D eigenvalue weighted by molar-refractivity contribution is 9.08. The van der Waals surface area contributed by atoms with Gasteiger partial charge in [-0.1, -0.05) is 28.1 Å². The van der Waals surface area contributed by atoms with Gasteiger partial charge in [0.05, 0.1) is 4.90 Å². The Morgan fingerprint density at radius 1 is 1.05 bits per heavy atom. The minimum atomic E-state index is -3.95. The fourth-order valence-electron chi connectivity index (χ4n) is 1.58. The number of hydrogen-bond donors (Lipinski definition) is 1. The van der Waals surface area contributed by atoms with Crippen LogP contribution in [0.4, 0.5) is 14.5 Å². The Morgan fingerprint density at radius 2 is 1.80 bits per heavy atom. The number of halogens is 3. The highest BCUT2D eigenvalue weighted by atomic mass is 79.9. The first-order valence-corrected chi connectivity index (χ1v) is 8.15. The predicted molar refractivity (Wildman–Crippen MR) is 76.2 cm³/mol. The summed E-state index contributed by atoms with van der Waals surface area (Å²) in [5.41, 5.74) is 1.24. The zero-order chi connectivity index (χ0) is 14.8. The molecule has 106 valence electrons. The summed E-state index contributed by atoms with van der Waals surface area (Å²) in [6.45, 7) is 0. The summed E-state index contributed by atoms with van der Waals surface area (Å²) in [5.74, 6) is -2.30. The maximum Gasteiger partial charge on any atom is 0.261 e. The van der Waals surface area contributed by atoms with Crippen molar-refractivity contribution >= 4 is 31.6 Å². The lowest BCUT2D eigenvalue weighted by molar-refractivity contribution is 0.504. The predicted octanol–water partition coefficient (Wildman–Crippen LogP) is 3.66. The highest BCUT2D eigenvalue weighted by Crippen LogP contribution is 2.19. The summed E-state index contributed by atoms with van der Waals surface area (Å²) in [4.78, 5) is -0.333. The lowest BCUT2D eigenvalue weighted by atomic mass is 10.2. The van der Waals surface area contributed by atoms with Crippen LogP contribution >= 0.6 is 15.9 Å². The molecule has 2 aromatic rings. The van der Waals surface area contributed by atoms with Crippen molar-refractivity contribution in [2.24, 2.45) is 0 Å². The van der Waals surface area contributed by atoms with Crippen LogP contribution in [0.2, 0.25) is 0 Å². The van der Waals surface area contributed by atoms with Crippen LogP contribution in [0.25, 0.3) is 0 Å². The van der Waals surface area contributed by atoms with E-state index in [0.29, 0.717) is 17.1 Å². The maximum atomic E-state index is 13.1. The number of hydrogen-bond acceptors (Lipinski definition) is 2. The normalized spacial score (nSPS) is 11.3. The highest BCUT2D eigenvalue weighted by Gasteiger charge is 2.16. The summed E-state index contributed by atoms with van der Waals surface area (Å²) in [6.07, 6.45) is 0. The number of anilines is 1. The third-order valence-electron chi connectivity index (χ3n) is 2.53. The van der Waals surface area contributed by atoms with Crippen molar-refractivity contribution in [3.63, 3.8) is 0 Å². The van der Waals surface area contributed by atoms with Gasteiger partial charge in [-0.2, -0.15) is 0 Å². The van der Waals surface area contributed by atoms with Gasteiger partial charge in [0, 0.05) is 11.0 Å². The zero-order valence-corrected chi connectivity index (χ0v) is 12.5. The van der Waals surface area contributed by atoms with E-state index in [0.717, 1.165) is 17.7 Å². The molecular weight excluding hydrogens is 352 g/mol. The molecule has 0 heterocycles.